The van der Waals surface area contributed by atoms with E-state index in [1.54, 1.807) is 34.6 Å². The van der Waals surface area contributed by atoms with E-state index in [1.165, 1.54) is 0 Å². The van der Waals surface area contributed by atoms with Crippen molar-refractivity contribution in [2.24, 2.45) is 7.05 Å². The number of hydrogen-bond donors (Lipinski definition) is 0. The Hall–Kier alpha value is -3.62. The Labute approximate surface area is 180 Å². The molecule has 1 aromatic carbocycles. The second-order valence-corrected chi connectivity index (χ2v) is 8.32. The molecule has 6 rings (SSSR count). The summed E-state index contributed by atoms with van der Waals surface area (Å²) >= 11 is 0. The molecule has 0 N–H and O–H groups in total. The molecule has 0 spiro atoms. The average Bonchev–Trinajstić information content (AvgIpc) is 3.46. The van der Waals surface area contributed by atoms with E-state index in [1.807, 2.05) is 17.0 Å². The Kier molecular flexibility index (Phi) is 3.99. The predicted octanol–water partition coefficient (Wildman–Crippen LogP) is 4.05. The zero-order chi connectivity index (χ0) is 22.1. The van der Waals surface area contributed by atoms with Crippen molar-refractivity contribution in [2.45, 2.75) is 31.3 Å². The van der Waals surface area contributed by atoms with Crippen molar-refractivity contribution in [1.29, 1.82) is 0 Å². The van der Waals surface area contributed by atoms with Crippen LogP contribution in [0.15, 0.2) is 42.7 Å². The molecular formula is C23H18F3N5O. The molecule has 162 valence electrons. The van der Waals surface area contributed by atoms with Crippen LogP contribution in [0.2, 0.25) is 0 Å². The summed E-state index contributed by atoms with van der Waals surface area (Å²) in [6.45, 7) is 0. The Morgan fingerprint density at radius 2 is 1.91 bits per heavy atom. The zero-order valence-corrected chi connectivity index (χ0v) is 17.1. The number of imidazole rings is 1. The van der Waals surface area contributed by atoms with Gasteiger partial charge in [0.15, 0.2) is 17.5 Å². The predicted molar refractivity (Wildman–Crippen MR) is 109 cm³/mol. The topological polar surface area (TPSA) is 55.4 Å². The van der Waals surface area contributed by atoms with Crippen LogP contribution in [-0.2, 0) is 13.5 Å². The van der Waals surface area contributed by atoms with E-state index in [2.05, 4.69) is 10.1 Å². The summed E-state index contributed by atoms with van der Waals surface area (Å²) in [5.41, 5.74) is 3.60. The Bertz CT molecular complexity index is 1390. The highest BCUT2D eigenvalue weighted by atomic mass is 19.2. The van der Waals surface area contributed by atoms with Crippen LogP contribution in [0.25, 0.3) is 16.9 Å². The maximum Gasteiger partial charge on any atom is 0.271 e. The lowest BCUT2D eigenvalue weighted by atomic mass is 9.94. The summed E-state index contributed by atoms with van der Waals surface area (Å²) in [4.78, 5) is 19.7. The number of rotatable bonds is 2. The Morgan fingerprint density at radius 1 is 1.12 bits per heavy atom. The average molecular weight is 437 g/mol. The van der Waals surface area contributed by atoms with Crippen LogP contribution in [0.5, 0.6) is 0 Å². The van der Waals surface area contributed by atoms with E-state index in [4.69, 9.17) is 0 Å². The highest BCUT2D eigenvalue weighted by molar-refractivity contribution is 5.94. The number of carbonyl (C=O) groups excluding carboxylic acids is 1. The summed E-state index contributed by atoms with van der Waals surface area (Å²) in [5, 5.41) is 4.63. The molecule has 4 aromatic rings. The lowest BCUT2D eigenvalue weighted by molar-refractivity contribution is 0.0635. The molecule has 0 saturated carbocycles. The molecule has 2 bridgehead atoms. The van der Waals surface area contributed by atoms with E-state index in [0.29, 0.717) is 23.5 Å². The first kappa shape index (κ1) is 19.1. The molecule has 1 saturated heterocycles. The van der Waals surface area contributed by atoms with Gasteiger partial charge in [-0.2, -0.15) is 5.10 Å². The van der Waals surface area contributed by atoms with E-state index in [-0.39, 0.29) is 23.6 Å². The van der Waals surface area contributed by atoms with Crippen molar-refractivity contribution in [3.8, 4) is 11.3 Å². The number of aromatic nitrogens is 4. The van der Waals surface area contributed by atoms with Gasteiger partial charge in [-0.1, -0.05) is 6.07 Å². The first-order chi connectivity index (χ1) is 15.4. The second kappa shape index (κ2) is 6.69. The van der Waals surface area contributed by atoms with Crippen molar-refractivity contribution < 1.29 is 18.0 Å². The summed E-state index contributed by atoms with van der Waals surface area (Å²) in [6, 6.07) is 7.13. The van der Waals surface area contributed by atoms with Gasteiger partial charge < -0.3 is 4.90 Å². The fourth-order valence-electron chi connectivity index (χ4n) is 5.26. The third-order valence-corrected chi connectivity index (χ3v) is 6.57. The smallest absolute Gasteiger partial charge is 0.271 e. The minimum atomic E-state index is -1.49. The molecule has 9 heteroatoms. The van der Waals surface area contributed by atoms with Crippen molar-refractivity contribution in [3.63, 3.8) is 0 Å². The lowest BCUT2D eigenvalue weighted by Crippen LogP contribution is -2.42. The first-order valence-electron chi connectivity index (χ1n) is 10.4. The summed E-state index contributed by atoms with van der Waals surface area (Å²) in [6.07, 6.45) is 5.49. The molecule has 2 atom stereocenters. The molecule has 3 aromatic heterocycles. The fourth-order valence-corrected chi connectivity index (χ4v) is 5.26. The summed E-state index contributed by atoms with van der Waals surface area (Å²) < 4.78 is 44.7. The molecule has 1 fully saturated rings. The maximum atomic E-state index is 13.9. The number of carbonyl (C=O) groups is 1. The molecule has 0 aliphatic carbocycles. The van der Waals surface area contributed by atoms with E-state index in [9.17, 15) is 18.0 Å². The van der Waals surface area contributed by atoms with E-state index < -0.39 is 17.5 Å². The number of pyridine rings is 1. The van der Waals surface area contributed by atoms with Crippen LogP contribution in [0.1, 0.15) is 40.6 Å². The minimum absolute atomic E-state index is 0.0585. The quantitative estimate of drug-likeness (QED) is 0.445. The van der Waals surface area contributed by atoms with Gasteiger partial charge in [-0.15, -0.1) is 0 Å². The molecule has 1 amide bonds. The summed E-state index contributed by atoms with van der Waals surface area (Å²) in [7, 11) is 1.69. The van der Waals surface area contributed by atoms with Gasteiger partial charge in [0.05, 0.1) is 17.4 Å². The van der Waals surface area contributed by atoms with Crippen molar-refractivity contribution in [1.82, 2.24) is 24.1 Å². The number of nitrogens with zero attached hydrogens (tertiary/aromatic N) is 5. The molecule has 2 aliphatic rings. The first-order valence-corrected chi connectivity index (χ1v) is 10.4. The van der Waals surface area contributed by atoms with Gasteiger partial charge in [-0.25, -0.2) is 18.2 Å². The van der Waals surface area contributed by atoms with Crippen LogP contribution < -0.4 is 0 Å². The molecule has 5 heterocycles. The number of amides is 1. The normalized spacial score (nSPS) is 19.6. The van der Waals surface area contributed by atoms with Crippen LogP contribution >= 0.6 is 0 Å². The van der Waals surface area contributed by atoms with E-state index >= 15 is 0 Å². The Balaban J connectivity index is 1.44. The molecular weight excluding hydrogens is 419 g/mol. The fraction of sp³-hybridized carbons (Fsp3) is 0.261. The molecule has 0 unspecified atom stereocenters. The van der Waals surface area contributed by atoms with Crippen LogP contribution in [0.3, 0.4) is 0 Å². The van der Waals surface area contributed by atoms with Gasteiger partial charge in [0.1, 0.15) is 11.3 Å². The van der Waals surface area contributed by atoms with E-state index in [0.717, 1.165) is 36.2 Å². The summed E-state index contributed by atoms with van der Waals surface area (Å²) in [5.74, 6) is -4.06. The third kappa shape index (κ3) is 2.57. The number of benzene rings is 1. The highest BCUT2D eigenvalue weighted by Gasteiger charge is 2.46. The number of fused-ring (bicyclic) bond motifs is 5. The van der Waals surface area contributed by atoms with Crippen molar-refractivity contribution in [2.75, 3.05) is 0 Å². The number of hydrogen-bond acceptors (Lipinski definition) is 3. The van der Waals surface area contributed by atoms with Crippen molar-refractivity contribution in [3.05, 3.63) is 77.1 Å². The third-order valence-electron chi connectivity index (χ3n) is 6.57. The SMILES string of the molecule is Cn1nc2c(c1-c1cc(F)c(F)c(F)c1)C[C@H]1CC[C@@H]2N1C(=O)c1cccc2nccn12. The molecule has 0 radical (unpaired) electrons. The number of aryl methyl sites for hydroxylation is 1. The van der Waals surface area contributed by atoms with Crippen LogP contribution in [-0.4, -0.2) is 36.0 Å². The van der Waals surface area contributed by atoms with Crippen LogP contribution in [0, 0.1) is 17.5 Å². The minimum Gasteiger partial charge on any atom is -0.325 e. The van der Waals surface area contributed by atoms with Gasteiger partial charge in [0.25, 0.3) is 5.91 Å². The zero-order valence-electron chi connectivity index (χ0n) is 17.1. The molecule has 32 heavy (non-hydrogen) atoms. The Morgan fingerprint density at radius 3 is 2.69 bits per heavy atom. The molecule has 6 nitrogen and oxygen atoms in total. The van der Waals surface area contributed by atoms with Gasteiger partial charge in [0, 0.05) is 36.6 Å². The maximum absolute atomic E-state index is 13.9. The van der Waals surface area contributed by atoms with Gasteiger partial charge in [-0.3, -0.25) is 13.9 Å². The van der Waals surface area contributed by atoms with Crippen LogP contribution in [0.4, 0.5) is 13.2 Å². The standard InChI is InChI=1S/C23H18F3N5O/c1-29-22(12-9-15(24)20(26)16(25)10-12)14-11-13-5-6-17(21(14)28-29)31(13)23(32)18-3-2-4-19-27-7-8-30(18)19/h2-4,7-10,13,17H,5-6,11H2,1H3/t13-,17+/m1/s1. The van der Waals surface area contributed by atoms with Crippen molar-refractivity contribution >= 4 is 11.6 Å². The van der Waals surface area contributed by atoms with Gasteiger partial charge >= 0.3 is 0 Å². The highest BCUT2D eigenvalue weighted by Crippen LogP contribution is 2.46. The second-order valence-electron chi connectivity index (χ2n) is 8.32. The molecule has 2 aliphatic heterocycles. The van der Waals surface area contributed by atoms with Gasteiger partial charge in [0.2, 0.25) is 0 Å². The number of halogens is 3. The lowest BCUT2D eigenvalue weighted by Gasteiger charge is -2.34. The van der Waals surface area contributed by atoms with Gasteiger partial charge in [-0.05, 0) is 43.5 Å². The monoisotopic (exact) mass is 437 g/mol. The largest absolute Gasteiger partial charge is 0.325 e.